The maximum absolute atomic E-state index is 14.1. The van der Waals surface area contributed by atoms with Gasteiger partial charge in [-0.05, 0) is 37.0 Å². The topological polar surface area (TPSA) is 108 Å². The fourth-order valence-electron chi connectivity index (χ4n) is 6.40. The van der Waals surface area contributed by atoms with Crippen molar-refractivity contribution < 1.29 is 24.2 Å². The third-order valence-corrected chi connectivity index (χ3v) is 8.79. The first-order valence-electron chi connectivity index (χ1n) is 12.1. The molecule has 0 radical (unpaired) electrons. The first-order valence-corrected chi connectivity index (χ1v) is 13.0. The van der Waals surface area contributed by atoms with Crippen molar-refractivity contribution in [2.75, 3.05) is 19.0 Å². The van der Waals surface area contributed by atoms with E-state index in [1.807, 2.05) is 62.4 Å². The molecule has 0 aromatic heterocycles. The van der Waals surface area contributed by atoms with Crippen molar-refractivity contribution >= 4 is 39.3 Å². The highest BCUT2D eigenvalue weighted by Gasteiger charge is 2.77. The number of halogens is 1. The average molecular weight is 556 g/mol. The van der Waals surface area contributed by atoms with Crippen LogP contribution in [0.5, 0.6) is 0 Å². The molecule has 36 heavy (non-hydrogen) atoms. The van der Waals surface area contributed by atoms with Gasteiger partial charge in [-0.25, -0.2) is 0 Å². The third kappa shape index (κ3) is 3.59. The Morgan fingerprint density at radius 3 is 2.42 bits per heavy atom. The summed E-state index contributed by atoms with van der Waals surface area (Å²) < 4.78 is 6.48. The van der Waals surface area contributed by atoms with E-state index in [0.717, 1.165) is 11.1 Å². The Bertz CT molecular complexity index is 1190. The number of aliphatic hydroxyl groups is 1. The van der Waals surface area contributed by atoms with E-state index in [1.54, 1.807) is 0 Å². The molecule has 2 bridgehead atoms. The molecular formula is C27H30BrN3O5. The highest BCUT2D eigenvalue weighted by atomic mass is 79.9. The number of likely N-dealkylation sites (tertiary alicyclic amines) is 1. The Labute approximate surface area is 218 Å². The first-order chi connectivity index (χ1) is 17.2. The molecule has 3 heterocycles. The summed E-state index contributed by atoms with van der Waals surface area (Å²) >= 11 is 3.65. The van der Waals surface area contributed by atoms with E-state index in [4.69, 9.17) is 4.74 Å². The number of anilines is 1. The van der Waals surface area contributed by atoms with Gasteiger partial charge in [-0.15, -0.1) is 0 Å². The summed E-state index contributed by atoms with van der Waals surface area (Å²) in [5.74, 6) is -2.61. The second-order valence-electron chi connectivity index (χ2n) is 9.89. The Hall–Kier alpha value is -2.75. The second kappa shape index (κ2) is 9.28. The lowest BCUT2D eigenvalue weighted by atomic mass is 9.70. The molecule has 8 nitrogen and oxygen atoms in total. The quantitative estimate of drug-likeness (QED) is 0.474. The van der Waals surface area contributed by atoms with Crippen molar-refractivity contribution in [3.63, 3.8) is 0 Å². The van der Waals surface area contributed by atoms with Gasteiger partial charge in [-0.2, -0.15) is 0 Å². The number of carbonyl (C=O) groups excluding carboxylic acids is 3. The van der Waals surface area contributed by atoms with Gasteiger partial charge < -0.3 is 25.4 Å². The number of hydrogen-bond donors (Lipinski definition) is 3. The van der Waals surface area contributed by atoms with Gasteiger partial charge >= 0.3 is 0 Å². The number of nitrogens with zero attached hydrogens (tertiary/aromatic N) is 1. The largest absolute Gasteiger partial charge is 0.394 e. The van der Waals surface area contributed by atoms with Crippen molar-refractivity contribution in [2.24, 2.45) is 11.8 Å². The van der Waals surface area contributed by atoms with Gasteiger partial charge in [-0.1, -0.05) is 64.5 Å². The zero-order valence-electron chi connectivity index (χ0n) is 20.4. The van der Waals surface area contributed by atoms with Crippen molar-refractivity contribution in [2.45, 2.75) is 48.9 Å². The van der Waals surface area contributed by atoms with Crippen LogP contribution in [0.25, 0.3) is 0 Å². The molecule has 0 aliphatic carbocycles. The smallest absolute Gasteiger partial charge is 0.250 e. The fraction of sp³-hybridized carbons (Fsp3) is 0.444. The van der Waals surface area contributed by atoms with Crippen molar-refractivity contribution in [1.82, 2.24) is 10.2 Å². The molecular weight excluding hydrogens is 526 g/mol. The molecule has 3 fully saturated rings. The van der Waals surface area contributed by atoms with E-state index in [-0.39, 0.29) is 23.2 Å². The molecule has 2 aromatic rings. The SMILES string of the molecule is CNC(=O)[C@H]1[C@H]2C(=O)N([C@H](CO)c3ccccc3)C(C(=O)Nc3c(C)cccc3C)C23CC(Br)[C@@H]1O3. The number of para-hydroxylation sites is 1. The van der Waals surface area contributed by atoms with Gasteiger partial charge in [0.15, 0.2) is 0 Å². The molecule has 9 heteroatoms. The summed E-state index contributed by atoms with van der Waals surface area (Å²) in [7, 11) is 1.53. The number of aryl methyl sites for hydroxylation is 2. The van der Waals surface area contributed by atoms with Crippen LogP contribution in [0.4, 0.5) is 5.69 Å². The summed E-state index contributed by atoms with van der Waals surface area (Å²) in [4.78, 5) is 42.5. The maximum Gasteiger partial charge on any atom is 0.250 e. The molecule has 0 saturated carbocycles. The first kappa shape index (κ1) is 24.9. The Morgan fingerprint density at radius 2 is 1.81 bits per heavy atom. The van der Waals surface area contributed by atoms with Gasteiger partial charge in [0.2, 0.25) is 17.7 Å². The number of fused-ring (bicyclic) bond motifs is 1. The molecule has 2 aromatic carbocycles. The molecule has 3 aliphatic rings. The number of amides is 3. The molecule has 7 atom stereocenters. The van der Waals surface area contributed by atoms with Gasteiger partial charge in [0, 0.05) is 17.6 Å². The van der Waals surface area contributed by atoms with Gasteiger partial charge in [0.25, 0.3) is 0 Å². The summed E-state index contributed by atoms with van der Waals surface area (Å²) in [5, 5.41) is 16.2. The maximum atomic E-state index is 14.1. The Kier molecular flexibility index (Phi) is 6.43. The predicted octanol–water partition coefficient (Wildman–Crippen LogP) is 2.47. The second-order valence-corrected chi connectivity index (χ2v) is 11.1. The lowest BCUT2D eigenvalue weighted by Crippen LogP contribution is -2.55. The van der Waals surface area contributed by atoms with E-state index in [1.165, 1.54) is 11.9 Å². The van der Waals surface area contributed by atoms with E-state index in [9.17, 15) is 19.5 Å². The van der Waals surface area contributed by atoms with Crippen LogP contribution in [-0.4, -0.2) is 64.0 Å². The Balaban J connectivity index is 1.63. The van der Waals surface area contributed by atoms with Crippen molar-refractivity contribution in [3.05, 3.63) is 65.2 Å². The fourth-order valence-corrected chi connectivity index (χ4v) is 7.34. The molecule has 3 amide bonds. The normalized spacial score (nSPS) is 31.3. The van der Waals surface area contributed by atoms with E-state index < -0.39 is 41.5 Å². The molecule has 3 N–H and O–H groups in total. The molecule has 5 rings (SSSR count). The van der Waals surface area contributed by atoms with E-state index in [2.05, 4.69) is 26.6 Å². The number of alkyl halides is 1. The van der Waals surface area contributed by atoms with Crippen LogP contribution in [0.1, 0.15) is 29.2 Å². The number of aliphatic hydroxyl groups excluding tert-OH is 1. The number of rotatable bonds is 6. The van der Waals surface area contributed by atoms with Gasteiger partial charge in [0.05, 0.1) is 30.6 Å². The van der Waals surface area contributed by atoms with Crippen LogP contribution < -0.4 is 10.6 Å². The average Bonchev–Trinajstić information content (AvgIpc) is 3.46. The minimum absolute atomic E-state index is 0.191. The summed E-state index contributed by atoms with van der Waals surface area (Å²) in [6, 6.07) is 13.1. The van der Waals surface area contributed by atoms with Crippen LogP contribution >= 0.6 is 15.9 Å². The van der Waals surface area contributed by atoms with E-state index in [0.29, 0.717) is 17.7 Å². The zero-order valence-corrected chi connectivity index (χ0v) is 22.0. The molecule has 190 valence electrons. The van der Waals surface area contributed by atoms with Crippen LogP contribution in [-0.2, 0) is 19.1 Å². The van der Waals surface area contributed by atoms with Crippen LogP contribution in [0.2, 0.25) is 0 Å². The number of benzene rings is 2. The lowest BCUT2D eigenvalue weighted by Gasteiger charge is -2.37. The number of nitrogens with one attached hydrogen (secondary N) is 2. The highest BCUT2D eigenvalue weighted by molar-refractivity contribution is 9.09. The van der Waals surface area contributed by atoms with E-state index >= 15 is 0 Å². The van der Waals surface area contributed by atoms with Gasteiger partial charge in [0.1, 0.15) is 11.6 Å². The highest BCUT2D eigenvalue weighted by Crippen LogP contribution is 2.61. The Morgan fingerprint density at radius 1 is 1.14 bits per heavy atom. The number of hydrogen-bond acceptors (Lipinski definition) is 5. The van der Waals surface area contributed by atoms with Gasteiger partial charge in [-0.3, -0.25) is 14.4 Å². The third-order valence-electron chi connectivity index (χ3n) is 7.95. The van der Waals surface area contributed by atoms with Crippen molar-refractivity contribution in [1.29, 1.82) is 0 Å². The van der Waals surface area contributed by atoms with Crippen LogP contribution in [0, 0.1) is 25.7 Å². The minimum atomic E-state index is -1.20. The molecule has 3 unspecified atom stereocenters. The molecule has 1 spiro atoms. The summed E-state index contributed by atoms with van der Waals surface area (Å²) in [6.45, 7) is 3.45. The summed E-state index contributed by atoms with van der Waals surface area (Å²) in [6.07, 6.45) is -0.128. The molecule has 3 aliphatic heterocycles. The lowest BCUT2D eigenvalue weighted by molar-refractivity contribution is -0.144. The standard InChI is InChI=1S/C27H30BrN3O5/c1-14-8-7-9-15(2)21(14)30-25(34)23-27-12-17(28)22(36-27)19(24(33)29-3)20(27)26(35)31(23)18(13-32)16-10-5-4-6-11-16/h4-11,17-20,22-23,32H,12-13H2,1-3H3,(H,29,33)(H,30,34)/t17?,18-,19+,20+,22+,23?,27?/m1/s1. The number of carbonyl (C=O) groups is 3. The van der Waals surface area contributed by atoms with Crippen LogP contribution in [0.15, 0.2) is 48.5 Å². The zero-order chi connectivity index (χ0) is 25.8. The number of ether oxygens (including phenoxy) is 1. The predicted molar refractivity (Wildman–Crippen MR) is 137 cm³/mol. The summed E-state index contributed by atoms with van der Waals surface area (Å²) in [5.41, 5.74) is 1.98. The molecule has 3 saturated heterocycles. The monoisotopic (exact) mass is 555 g/mol. The minimum Gasteiger partial charge on any atom is -0.394 e. The van der Waals surface area contributed by atoms with Crippen molar-refractivity contribution in [3.8, 4) is 0 Å². The van der Waals surface area contributed by atoms with Crippen LogP contribution in [0.3, 0.4) is 0 Å².